The second-order valence-electron chi connectivity index (χ2n) is 12.7. The van der Waals surface area contributed by atoms with E-state index in [1.807, 2.05) is 0 Å². The first kappa shape index (κ1) is 29.4. The molecule has 3 saturated carbocycles. The summed E-state index contributed by atoms with van der Waals surface area (Å²) in [5, 5.41) is 10.9. The van der Waals surface area contributed by atoms with Crippen molar-refractivity contribution >= 4 is 0 Å². The lowest BCUT2D eigenvalue weighted by atomic mass is 9.61. The average Bonchev–Trinajstić information content (AvgIpc) is 3.19. The van der Waals surface area contributed by atoms with Crippen LogP contribution in [0.25, 0.3) is 0 Å². The van der Waals surface area contributed by atoms with Gasteiger partial charge in [-0.1, -0.05) is 62.8 Å². The highest BCUT2D eigenvalue weighted by Crippen LogP contribution is 2.59. The van der Waals surface area contributed by atoms with Crippen LogP contribution in [-0.4, -0.2) is 43.9 Å². The van der Waals surface area contributed by atoms with Crippen molar-refractivity contribution in [2.24, 2.45) is 29.1 Å². The van der Waals surface area contributed by atoms with E-state index in [0.29, 0.717) is 48.9 Å². The van der Waals surface area contributed by atoms with Crippen LogP contribution in [0.15, 0.2) is 47.6 Å². The molecule has 3 fully saturated rings. The summed E-state index contributed by atoms with van der Waals surface area (Å²) in [7, 11) is 3.34. The van der Waals surface area contributed by atoms with Gasteiger partial charge < -0.3 is 19.3 Å². The quantitative estimate of drug-likeness (QED) is 0.251. The molecule has 1 N–H and O–H groups in total. The van der Waals surface area contributed by atoms with Crippen LogP contribution in [0.1, 0.15) is 86.0 Å². The molecular formula is C32H52O4. The van der Waals surface area contributed by atoms with E-state index in [-0.39, 0.29) is 5.60 Å². The molecule has 4 heteroatoms. The molecule has 6 atom stereocenters. The number of ether oxygens (including phenoxy) is 3. The Balaban J connectivity index is 1.72. The predicted octanol–water partition coefficient (Wildman–Crippen LogP) is 7.40. The first-order chi connectivity index (χ1) is 17.0. The number of aliphatic hydroxyl groups is 1. The highest BCUT2D eigenvalue weighted by molar-refractivity contribution is 5.37. The highest BCUT2D eigenvalue weighted by atomic mass is 16.7. The van der Waals surface area contributed by atoms with E-state index in [4.69, 9.17) is 14.2 Å². The van der Waals surface area contributed by atoms with Gasteiger partial charge in [0, 0.05) is 26.6 Å². The van der Waals surface area contributed by atoms with Crippen LogP contribution in [0.5, 0.6) is 0 Å². The van der Waals surface area contributed by atoms with Gasteiger partial charge in [0.05, 0.1) is 17.8 Å². The fraction of sp³-hybridized carbons (Fsp3) is 0.750. The molecule has 3 aliphatic rings. The van der Waals surface area contributed by atoms with Crippen LogP contribution in [0.2, 0.25) is 0 Å². The third-order valence-electron chi connectivity index (χ3n) is 9.80. The van der Waals surface area contributed by atoms with Gasteiger partial charge >= 0.3 is 0 Å². The van der Waals surface area contributed by atoms with Gasteiger partial charge in [-0.05, 0) is 87.5 Å². The van der Waals surface area contributed by atoms with Crippen molar-refractivity contribution < 1.29 is 19.3 Å². The maximum absolute atomic E-state index is 10.9. The number of allylic oxidation sites excluding steroid dienone is 5. The smallest absolute Gasteiger partial charge is 0.147 e. The summed E-state index contributed by atoms with van der Waals surface area (Å²) in [4.78, 5) is 0. The fourth-order valence-corrected chi connectivity index (χ4v) is 7.08. The molecule has 0 heterocycles. The molecule has 0 aromatic rings. The molecule has 0 bridgehead atoms. The zero-order valence-corrected chi connectivity index (χ0v) is 24.1. The van der Waals surface area contributed by atoms with Crippen LogP contribution in [0, 0.1) is 29.1 Å². The third kappa shape index (κ3) is 6.62. The second-order valence-corrected chi connectivity index (χ2v) is 12.7. The van der Waals surface area contributed by atoms with Crippen molar-refractivity contribution in [1.82, 2.24) is 0 Å². The topological polar surface area (TPSA) is 47.9 Å². The van der Waals surface area contributed by atoms with E-state index >= 15 is 0 Å². The Kier molecular flexibility index (Phi) is 9.87. The molecule has 0 spiro atoms. The SMILES string of the molecule is C=C1CC[C@@](O)(COC)C/C1=C/C=C1\CCC[C@]2(C)[C@@H]([C@H](C)/C=C/[C@H](C)C(C)(C)OCOC)CC[C@@H]12. The van der Waals surface area contributed by atoms with E-state index in [1.54, 1.807) is 19.8 Å². The molecule has 36 heavy (non-hydrogen) atoms. The Morgan fingerprint density at radius 2 is 1.83 bits per heavy atom. The highest BCUT2D eigenvalue weighted by Gasteiger charge is 2.50. The minimum Gasteiger partial charge on any atom is -0.387 e. The molecule has 3 aliphatic carbocycles. The van der Waals surface area contributed by atoms with Gasteiger partial charge in [0.1, 0.15) is 6.79 Å². The monoisotopic (exact) mass is 500 g/mol. The Morgan fingerprint density at radius 3 is 2.53 bits per heavy atom. The van der Waals surface area contributed by atoms with E-state index in [2.05, 4.69) is 65.5 Å². The lowest BCUT2D eigenvalue weighted by molar-refractivity contribution is -0.128. The largest absolute Gasteiger partial charge is 0.387 e. The van der Waals surface area contributed by atoms with Crippen LogP contribution in [0.3, 0.4) is 0 Å². The summed E-state index contributed by atoms with van der Waals surface area (Å²) in [5.41, 5.74) is 3.30. The Labute approximate surface area is 220 Å². The van der Waals surface area contributed by atoms with Crippen LogP contribution < -0.4 is 0 Å². The lowest BCUT2D eigenvalue weighted by Crippen LogP contribution is -2.37. The van der Waals surface area contributed by atoms with Gasteiger partial charge in [-0.2, -0.15) is 0 Å². The maximum atomic E-state index is 10.9. The minimum absolute atomic E-state index is 0.249. The first-order valence-corrected chi connectivity index (χ1v) is 14.1. The van der Waals surface area contributed by atoms with E-state index in [1.165, 1.54) is 43.3 Å². The second kappa shape index (κ2) is 12.1. The molecule has 0 saturated heterocycles. The molecule has 0 aliphatic heterocycles. The van der Waals surface area contributed by atoms with Gasteiger partial charge in [-0.25, -0.2) is 0 Å². The predicted molar refractivity (Wildman–Crippen MR) is 149 cm³/mol. The molecule has 0 unspecified atom stereocenters. The molecule has 0 aromatic heterocycles. The van der Waals surface area contributed by atoms with Gasteiger partial charge in [0.15, 0.2) is 0 Å². The fourth-order valence-electron chi connectivity index (χ4n) is 7.08. The van der Waals surface area contributed by atoms with E-state index in [0.717, 1.165) is 12.8 Å². The Morgan fingerprint density at radius 1 is 1.08 bits per heavy atom. The standard InChI is InChI=1S/C32H52O4/c1-23-17-19-32(33,21-34-7)20-27(23)14-13-26-10-9-18-31(6)28(15-16-29(26)31)24(2)11-12-25(3)30(4,5)36-22-35-8/h11-14,24-25,28-29,33H,1,9-10,15-22H2,2-8H3/b12-11+,26-13+,27-14-/t24-,25+,28-,29+,31-,32+/m1/s1. The summed E-state index contributed by atoms with van der Waals surface area (Å²) >= 11 is 0. The van der Waals surface area contributed by atoms with Crippen molar-refractivity contribution in [2.45, 2.75) is 97.2 Å². The normalized spacial score (nSPS) is 35.5. The van der Waals surface area contributed by atoms with Gasteiger partial charge in [-0.3, -0.25) is 0 Å². The van der Waals surface area contributed by atoms with Crippen molar-refractivity contribution in [3.63, 3.8) is 0 Å². The molecule has 0 amide bonds. The molecular weight excluding hydrogens is 448 g/mol. The van der Waals surface area contributed by atoms with Gasteiger partial charge in [-0.15, -0.1) is 0 Å². The Bertz CT molecular complexity index is 852. The van der Waals surface area contributed by atoms with Crippen molar-refractivity contribution in [2.75, 3.05) is 27.6 Å². The molecule has 204 valence electrons. The third-order valence-corrected chi connectivity index (χ3v) is 9.80. The zero-order valence-electron chi connectivity index (χ0n) is 24.1. The number of rotatable bonds is 10. The summed E-state index contributed by atoms with van der Waals surface area (Å²) < 4.78 is 16.3. The molecule has 0 radical (unpaired) electrons. The molecule has 3 rings (SSSR count). The average molecular weight is 501 g/mol. The van der Waals surface area contributed by atoms with Crippen molar-refractivity contribution in [3.05, 3.63) is 47.6 Å². The van der Waals surface area contributed by atoms with Gasteiger partial charge in [0.25, 0.3) is 0 Å². The van der Waals surface area contributed by atoms with Crippen molar-refractivity contribution in [3.8, 4) is 0 Å². The van der Waals surface area contributed by atoms with Crippen LogP contribution >= 0.6 is 0 Å². The number of fused-ring (bicyclic) bond motifs is 1. The molecule has 0 aromatic carbocycles. The van der Waals surface area contributed by atoms with Crippen molar-refractivity contribution in [1.29, 1.82) is 0 Å². The van der Waals surface area contributed by atoms with Crippen LogP contribution in [-0.2, 0) is 14.2 Å². The lowest BCUT2D eigenvalue weighted by Gasteiger charge is -2.44. The summed E-state index contributed by atoms with van der Waals surface area (Å²) in [6, 6.07) is 0. The number of methoxy groups -OCH3 is 2. The van der Waals surface area contributed by atoms with Gasteiger partial charge in [0.2, 0.25) is 0 Å². The summed E-state index contributed by atoms with van der Waals surface area (Å²) in [6.07, 6.45) is 18.0. The summed E-state index contributed by atoms with van der Waals surface area (Å²) in [5.74, 6) is 2.20. The number of hydrogen-bond donors (Lipinski definition) is 1. The minimum atomic E-state index is -0.762. The van der Waals surface area contributed by atoms with E-state index < -0.39 is 5.60 Å². The molecule has 4 nitrogen and oxygen atoms in total. The zero-order chi connectivity index (χ0) is 26.6. The summed E-state index contributed by atoms with van der Waals surface area (Å²) in [6.45, 7) is 16.5. The van der Waals surface area contributed by atoms with E-state index in [9.17, 15) is 5.11 Å². The first-order valence-electron chi connectivity index (χ1n) is 14.1. The number of hydrogen-bond acceptors (Lipinski definition) is 4. The Hall–Kier alpha value is -1.20. The maximum Gasteiger partial charge on any atom is 0.147 e. The van der Waals surface area contributed by atoms with Crippen LogP contribution in [0.4, 0.5) is 0 Å².